The Morgan fingerprint density at radius 2 is 1.96 bits per heavy atom. The minimum Gasteiger partial charge on any atom is -0.496 e. The fourth-order valence-electron chi connectivity index (χ4n) is 2.97. The Balaban J connectivity index is 1.99. The third-order valence-electron chi connectivity index (χ3n) is 4.53. The van der Waals surface area contributed by atoms with Gasteiger partial charge in [-0.15, -0.1) is 0 Å². The van der Waals surface area contributed by atoms with Crippen LogP contribution in [0, 0.1) is 0 Å². The van der Waals surface area contributed by atoms with Gasteiger partial charge in [0.2, 0.25) is 10.0 Å². The van der Waals surface area contributed by atoms with Crippen LogP contribution >= 0.6 is 0 Å². The van der Waals surface area contributed by atoms with Gasteiger partial charge in [0.25, 0.3) is 5.91 Å². The highest BCUT2D eigenvalue weighted by Crippen LogP contribution is 2.34. The molecule has 0 saturated carbocycles. The Hall–Kier alpha value is -2.98. The van der Waals surface area contributed by atoms with Crippen LogP contribution in [-0.4, -0.2) is 32.4 Å². The van der Waals surface area contributed by atoms with Gasteiger partial charge in [-0.2, -0.15) is 0 Å². The van der Waals surface area contributed by atoms with Gasteiger partial charge in [0.1, 0.15) is 11.3 Å². The Bertz CT molecular complexity index is 1030. The number of hydrogen-bond donors (Lipinski definition) is 3. The standard InChI is InChI=1S/C18H20N4O5S/c1-11(14-6-4-5-9-19-14)22-28(25,26)12-7-8-15(27-3)13(10-12)18(2)16(23)20-17(24)21-18/h4-11,22H,1-3H3,(H2,20,21,23,24). The molecule has 2 unspecified atom stereocenters. The first-order valence-electron chi connectivity index (χ1n) is 8.43. The van der Waals surface area contributed by atoms with E-state index in [2.05, 4.69) is 20.3 Å². The number of carbonyl (C=O) groups excluding carboxylic acids is 2. The molecule has 1 aromatic carbocycles. The van der Waals surface area contributed by atoms with Crippen molar-refractivity contribution in [3.05, 3.63) is 53.9 Å². The van der Waals surface area contributed by atoms with Gasteiger partial charge in [-0.25, -0.2) is 17.9 Å². The molecule has 10 heteroatoms. The molecule has 1 fully saturated rings. The quantitative estimate of drug-likeness (QED) is 0.621. The maximum absolute atomic E-state index is 12.9. The van der Waals surface area contributed by atoms with Crippen molar-refractivity contribution >= 4 is 22.0 Å². The minimum atomic E-state index is -3.93. The lowest BCUT2D eigenvalue weighted by Crippen LogP contribution is -2.41. The van der Waals surface area contributed by atoms with Crippen molar-refractivity contribution < 1.29 is 22.7 Å². The van der Waals surface area contributed by atoms with E-state index in [0.29, 0.717) is 5.69 Å². The number of benzene rings is 1. The fraction of sp³-hybridized carbons (Fsp3) is 0.278. The SMILES string of the molecule is COc1ccc(S(=O)(=O)NC(C)c2ccccn2)cc1C1(C)NC(=O)NC1=O. The molecular weight excluding hydrogens is 384 g/mol. The predicted molar refractivity (Wildman–Crippen MR) is 100.0 cm³/mol. The summed E-state index contributed by atoms with van der Waals surface area (Å²) in [6.45, 7) is 3.15. The highest BCUT2D eigenvalue weighted by Gasteiger charge is 2.45. The van der Waals surface area contributed by atoms with E-state index in [1.165, 1.54) is 32.2 Å². The minimum absolute atomic E-state index is 0.0683. The summed E-state index contributed by atoms with van der Waals surface area (Å²) in [5, 5.41) is 4.66. The zero-order chi connectivity index (χ0) is 20.5. The molecule has 2 aromatic rings. The largest absolute Gasteiger partial charge is 0.496 e. The lowest BCUT2D eigenvalue weighted by molar-refractivity contribution is -0.123. The molecule has 1 saturated heterocycles. The molecule has 1 aliphatic heterocycles. The lowest BCUT2D eigenvalue weighted by Gasteiger charge is -2.24. The zero-order valence-corrected chi connectivity index (χ0v) is 16.3. The number of carbonyl (C=O) groups is 2. The Morgan fingerprint density at radius 1 is 1.21 bits per heavy atom. The van der Waals surface area contributed by atoms with E-state index in [1.807, 2.05) is 0 Å². The Kier molecular flexibility index (Phi) is 5.09. The molecule has 1 aromatic heterocycles. The van der Waals surface area contributed by atoms with Gasteiger partial charge in [0.15, 0.2) is 0 Å². The van der Waals surface area contributed by atoms with E-state index < -0.39 is 33.5 Å². The topological polar surface area (TPSA) is 126 Å². The molecule has 3 N–H and O–H groups in total. The van der Waals surface area contributed by atoms with E-state index in [1.54, 1.807) is 31.3 Å². The summed E-state index contributed by atoms with van der Waals surface area (Å²) < 4.78 is 33.6. The lowest BCUT2D eigenvalue weighted by atomic mass is 9.91. The van der Waals surface area contributed by atoms with E-state index in [-0.39, 0.29) is 16.2 Å². The monoisotopic (exact) mass is 404 g/mol. The van der Waals surface area contributed by atoms with Crippen molar-refractivity contribution in [2.24, 2.45) is 0 Å². The van der Waals surface area contributed by atoms with Gasteiger partial charge in [-0.3, -0.25) is 15.1 Å². The van der Waals surface area contributed by atoms with Crippen LogP contribution < -0.4 is 20.1 Å². The highest BCUT2D eigenvalue weighted by molar-refractivity contribution is 7.89. The Labute approximate surface area is 162 Å². The van der Waals surface area contributed by atoms with E-state index in [0.717, 1.165) is 0 Å². The second kappa shape index (κ2) is 7.21. The van der Waals surface area contributed by atoms with Crippen molar-refractivity contribution in [3.8, 4) is 5.75 Å². The normalized spacial score (nSPS) is 20.4. The van der Waals surface area contributed by atoms with Crippen LogP contribution in [0.25, 0.3) is 0 Å². The summed E-state index contributed by atoms with van der Waals surface area (Å²) in [6, 6.07) is 8.12. The van der Waals surface area contributed by atoms with Crippen molar-refractivity contribution in [1.29, 1.82) is 0 Å². The molecule has 28 heavy (non-hydrogen) atoms. The predicted octanol–water partition coefficient (Wildman–Crippen LogP) is 1.18. The van der Waals surface area contributed by atoms with Gasteiger partial charge in [0, 0.05) is 11.8 Å². The van der Waals surface area contributed by atoms with Crippen LogP contribution in [0.2, 0.25) is 0 Å². The Morgan fingerprint density at radius 3 is 2.54 bits per heavy atom. The van der Waals surface area contributed by atoms with Crippen molar-refractivity contribution in [2.75, 3.05) is 7.11 Å². The molecule has 0 bridgehead atoms. The molecule has 2 atom stereocenters. The van der Waals surface area contributed by atoms with Crippen LogP contribution in [0.4, 0.5) is 4.79 Å². The van der Waals surface area contributed by atoms with E-state index in [9.17, 15) is 18.0 Å². The molecule has 0 spiro atoms. The smallest absolute Gasteiger partial charge is 0.322 e. The zero-order valence-electron chi connectivity index (χ0n) is 15.5. The molecule has 148 valence electrons. The second-order valence-corrected chi connectivity index (χ2v) is 8.21. The summed E-state index contributed by atoms with van der Waals surface area (Å²) >= 11 is 0. The molecule has 2 heterocycles. The van der Waals surface area contributed by atoms with Crippen molar-refractivity contribution in [3.63, 3.8) is 0 Å². The van der Waals surface area contributed by atoms with Crippen LogP contribution in [0.3, 0.4) is 0 Å². The number of amides is 3. The van der Waals surface area contributed by atoms with Crippen LogP contribution in [0.1, 0.15) is 31.1 Å². The molecule has 0 radical (unpaired) electrons. The molecule has 0 aliphatic carbocycles. The number of aromatic nitrogens is 1. The molecule has 9 nitrogen and oxygen atoms in total. The molecule has 3 rings (SSSR count). The van der Waals surface area contributed by atoms with Gasteiger partial charge < -0.3 is 10.1 Å². The number of rotatable bonds is 6. The number of pyridine rings is 1. The van der Waals surface area contributed by atoms with Gasteiger partial charge in [0.05, 0.1) is 23.7 Å². The molecule has 3 amide bonds. The summed E-state index contributed by atoms with van der Waals surface area (Å²) in [7, 11) is -2.54. The first-order valence-corrected chi connectivity index (χ1v) is 9.91. The average Bonchev–Trinajstić information content (AvgIpc) is 2.94. The number of nitrogens with zero attached hydrogens (tertiary/aromatic N) is 1. The van der Waals surface area contributed by atoms with E-state index >= 15 is 0 Å². The summed E-state index contributed by atoms with van der Waals surface area (Å²) in [6.07, 6.45) is 1.58. The summed E-state index contributed by atoms with van der Waals surface area (Å²) in [4.78, 5) is 28.0. The highest BCUT2D eigenvalue weighted by atomic mass is 32.2. The van der Waals surface area contributed by atoms with Gasteiger partial charge in [-0.1, -0.05) is 6.07 Å². The van der Waals surface area contributed by atoms with Crippen LogP contribution in [0.5, 0.6) is 5.75 Å². The third-order valence-corrected chi connectivity index (χ3v) is 6.07. The third kappa shape index (κ3) is 3.56. The van der Waals surface area contributed by atoms with Crippen LogP contribution in [-0.2, 0) is 20.4 Å². The van der Waals surface area contributed by atoms with Crippen LogP contribution in [0.15, 0.2) is 47.5 Å². The maximum atomic E-state index is 12.9. The first-order chi connectivity index (χ1) is 13.2. The number of ether oxygens (including phenoxy) is 1. The molecular formula is C18H20N4O5S. The number of hydrogen-bond acceptors (Lipinski definition) is 6. The summed E-state index contributed by atoms with van der Waals surface area (Å²) in [5.74, 6) is -0.322. The maximum Gasteiger partial charge on any atom is 0.322 e. The number of sulfonamides is 1. The average molecular weight is 404 g/mol. The van der Waals surface area contributed by atoms with Crippen molar-refractivity contribution in [2.45, 2.75) is 30.3 Å². The number of urea groups is 1. The fourth-order valence-corrected chi connectivity index (χ4v) is 4.21. The van der Waals surface area contributed by atoms with E-state index in [4.69, 9.17) is 4.74 Å². The number of methoxy groups -OCH3 is 1. The first kappa shape index (κ1) is 19.8. The number of nitrogens with one attached hydrogen (secondary N) is 3. The second-order valence-electron chi connectivity index (χ2n) is 6.49. The summed E-state index contributed by atoms with van der Waals surface area (Å²) in [5.41, 5.74) is -0.665. The van der Waals surface area contributed by atoms with Crippen molar-refractivity contribution in [1.82, 2.24) is 20.3 Å². The van der Waals surface area contributed by atoms with Gasteiger partial charge >= 0.3 is 6.03 Å². The molecule has 1 aliphatic rings. The number of imide groups is 1. The van der Waals surface area contributed by atoms with Gasteiger partial charge in [-0.05, 0) is 44.2 Å².